The summed E-state index contributed by atoms with van der Waals surface area (Å²) in [5, 5.41) is 7.68. The number of nitrogens with zero attached hydrogens (tertiary/aromatic N) is 2. The summed E-state index contributed by atoms with van der Waals surface area (Å²) in [6.07, 6.45) is -3.72. The van der Waals surface area contributed by atoms with Gasteiger partial charge in [-0.3, -0.25) is 14.3 Å². The quantitative estimate of drug-likeness (QED) is 0.192. The van der Waals surface area contributed by atoms with Crippen molar-refractivity contribution < 1.29 is 45.5 Å². The molecular formula is C32H32ClF3N4O7S. The number of halogens is 4. The van der Waals surface area contributed by atoms with E-state index < -0.39 is 46.1 Å². The number of anilines is 2. The van der Waals surface area contributed by atoms with Crippen molar-refractivity contribution in [2.45, 2.75) is 50.6 Å². The molecule has 1 aliphatic heterocycles. The van der Waals surface area contributed by atoms with Crippen LogP contribution in [0.1, 0.15) is 49.4 Å². The van der Waals surface area contributed by atoms with Crippen molar-refractivity contribution in [1.29, 1.82) is 0 Å². The van der Waals surface area contributed by atoms with Crippen LogP contribution >= 0.6 is 11.6 Å². The van der Waals surface area contributed by atoms with Crippen molar-refractivity contribution in [2.24, 2.45) is 5.16 Å². The van der Waals surface area contributed by atoms with Crippen molar-refractivity contribution in [3.05, 3.63) is 82.4 Å². The number of fused-ring (bicyclic) bond motifs is 2. The number of oxime groups is 1. The lowest BCUT2D eigenvalue weighted by molar-refractivity contribution is -0.274. The van der Waals surface area contributed by atoms with Crippen LogP contribution in [-0.4, -0.2) is 58.3 Å². The van der Waals surface area contributed by atoms with Crippen LogP contribution in [0, 0.1) is 0 Å². The number of benzene rings is 3. The lowest BCUT2D eigenvalue weighted by Crippen LogP contribution is -2.38. The molecule has 1 saturated carbocycles. The number of hydrogen-bond acceptors (Lipinski definition) is 9. The Kier molecular flexibility index (Phi) is 9.57. The van der Waals surface area contributed by atoms with Gasteiger partial charge in [0.1, 0.15) is 17.5 Å². The number of rotatable bonds is 11. The molecule has 0 bridgehead atoms. The molecule has 0 aromatic heterocycles. The fourth-order valence-electron chi connectivity index (χ4n) is 5.43. The highest BCUT2D eigenvalue weighted by atomic mass is 35.5. The van der Waals surface area contributed by atoms with Gasteiger partial charge in [-0.25, -0.2) is 8.42 Å². The highest BCUT2D eigenvalue weighted by Crippen LogP contribution is 2.57. The third-order valence-electron chi connectivity index (χ3n) is 7.97. The zero-order chi connectivity index (χ0) is 35.0. The van der Waals surface area contributed by atoms with Crippen LogP contribution in [0.5, 0.6) is 11.5 Å². The first-order valence-corrected chi connectivity index (χ1v) is 16.9. The third kappa shape index (κ3) is 8.13. The summed E-state index contributed by atoms with van der Waals surface area (Å²) in [5.41, 5.74) is 2.53. The number of methoxy groups -OCH3 is 1. The molecular weight excluding hydrogens is 677 g/mol. The van der Waals surface area contributed by atoms with Gasteiger partial charge in [0.15, 0.2) is 0 Å². The Labute approximate surface area is 280 Å². The van der Waals surface area contributed by atoms with Crippen molar-refractivity contribution >= 4 is 50.5 Å². The highest BCUT2D eigenvalue weighted by Gasteiger charge is 2.54. The highest BCUT2D eigenvalue weighted by molar-refractivity contribution is 7.89. The van der Waals surface area contributed by atoms with Crippen molar-refractivity contribution in [3.8, 4) is 11.5 Å². The third-order valence-corrected chi connectivity index (χ3v) is 8.79. The number of alkyl halides is 3. The summed E-state index contributed by atoms with van der Waals surface area (Å²) < 4.78 is 73.5. The maximum absolute atomic E-state index is 14.4. The minimum absolute atomic E-state index is 0.292. The van der Waals surface area contributed by atoms with Gasteiger partial charge in [-0.05, 0) is 68.1 Å². The van der Waals surface area contributed by atoms with Crippen molar-refractivity contribution in [2.75, 3.05) is 30.1 Å². The van der Waals surface area contributed by atoms with Gasteiger partial charge in [0, 0.05) is 40.4 Å². The molecule has 2 amide bonds. The molecule has 1 heterocycles. The predicted molar refractivity (Wildman–Crippen MR) is 173 cm³/mol. The Morgan fingerprint density at radius 2 is 1.73 bits per heavy atom. The molecule has 2 aliphatic rings. The van der Waals surface area contributed by atoms with E-state index in [0.29, 0.717) is 45.5 Å². The van der Waals surface area contributed by atoms with Gasteiger partial charge in [0.05, 0.1) is 24.8 Å². The topological polar surface area (TPSA) is 136 Å². The molecule has 3 aromatic carbocycles. The van der Waals surface area contributed by atoms with Crippen molar-refractivity contribution in [3.63, 3.8) is 0 Å². The van der Waals surface area contributed by atoms with E-state index in [0.717, 1.165) is 24.7 Å². The molecule has 2 atom stereocenters. The lowest BCUT2D eigenvalue weighted by atomic mass is 9.99. The normalized spacial score (nSPS) is 16.5. The zero-order valence-corrected chi connectivity index (χ0v) is 27.8. The van der Waals surface area contributed by atoms with Gasteiger partial charge < -0.3 is 24.5 Å². The molecule has 3 aromatic rings. The van der Waals surface area contributed by atoms with Gasteiger partial charge in [-0.15, -0.1) is 13.2 Å². The Bertz CT molecular complexity index is 1870. The van der Waals surface area contributed by atoms with E-state index in [1.165, 1.54) is 31.1 Å². The molecule has 0 saturated heterocycles. The largest absolute Gasteiger partial charge is 0.573 e. The van der Waals surface area contributed by atoms with E-state index in [1.807, 2.05) is 4.72 Å². The van der Waals surface area contributed by atoms with E-state index >= 15 is 0 Å². The second kappa shape index (κ2) is 13.2. The first kappa shape index (κ1) is 34.8. The summed E-state index contributed by atoms with van der Waals surface area (Å²) in [7, 11) is -2.35. The second-order valence-corrected chi connectivity index (χ2v) is 13.9. The molecule has 1 aliphatic carbocycles. The van der Waals surface area contributed by atoms with E-state index in [1.54, 1.807) is 55.5 Å². The smallest absolute Gasteiger partial charge is 0.497 e. The standard InChI is InChI=1S/C32H32ClF3N4O7S/c1-18(38-47-19(2)29(41)39-48(4,43)44)21-13-23(15-25(14-21)45-3)37-28(20-5-7-22(33)8-6-20)30(42)40-17-31(11-12-31)26-10-9-24(16-27(26)40)46-32(34,35)36/h5-10,13-16,19,28,37H,11-12,17H2,1-4H3,(H,39,41). The minimum Gasteiger partial charge on any atom is -0.497 e. The molecule has 48 heavy (non-hydrogen) atoms. The first-order valence-electron chi connectivity index (χ1n) is 14.6. The Hall–Kier alpha value is -4.50. The molecule has 256 valence electrons. The fourth-order valence-corrected chi connectivity index (χ4v) is 6.08. The summed E-state index contributed by atoms with van der Waals surface area (Å²) in [6.45, 7) is 3.22. The van der Waals surface area contributed by atoms with Gasteiger partial charge in [-0.2, -0.15) is 0 Å². The maximum Gasteiger partial charge on any atom is 0.573 e. The fraction of sp³-hybridized carbons (Fsp3) is 0.344. The average molecular weight is 709 g/mol. The molecule has 1 spiro atoms. The van der Waals surface area contributed by atoms with Crippen molar-refractivity contribution in [1.82, 2.24) is 4.72 Å². The SMILES string of the molecule is COc1cc(NC(C(=O)N2CC3(CC3)c3ccc(OC(F)(F)F)cc32)c2ccc(Cl)cc2)cc(C(C)=NOC(C)C(=O)NS(C)(=O)=O)c1. The number of amides is 2. The van der Waals surface area contributed by atoms with Gasteiger partial charge >= 0.3 is 6.36 Å². The molecule has 0 radical (unpaired) electrons. The number of nitrogens with one attached hydrogen (secondary N) is 2. The van der Waals surface area contributed by atoms with Gasteiger partial charge in [-0.1, -0.05) is 35.0 Å². The van der Waals surface area contributed by atoms with E-state index in [2.05, 4.69) is 15.2 Å². The molecule has 1 fully saturated rings. The summed E-state index contributed by atoms with van der Waals surface area (Å²) in [5.74, 6) is -1.37. The molecule has 5 rings (SSSR count). The second-order valence-electron chi connectivity index (χ2n) is 11.7. The molecule has 2 N–H and O–H groups in total. The Balaban J connectivity index is 1.47. The number of hydrogen-bond donors (Lipinski definition) is 2. The zero-order valence-electron chi connectivity index (χ0n) is 26.2. The van der Waals surface area contributed by atoms with Crippen LogP contribution in [0.3, 0.4) is 0 Å². The Morgan fingerprint density at radius 3 is 2.33 bits per heavy atom. The Morgan fingerprint density at radius 1 is 1.04 bits per heavy atom. The predicted octanol–water partition coefficient (Wildman–Crippen LogP) is 5.68. The van der Waals surface area contributed by atoms with E-state index in [-0.39, 0.29) is 5.41 Å². The van der Waals surface area contributed by atoms with Gasteiger partial charge in [0.25, 0.3) is 11.8 Å². The van der Waals surface area contributed by atoms with E-state index in [9.17, 15) is 31.2 Å². The molecule has 2 unspecified atom stereocenters. The minimum atomic E-state index is -4.90. The van der Waals surface area contributed by atoms with Crippen LogP contribution in [0.2, 0.25) is 5.02 Å². The number of ether oxygens (including phenoxy) is 2. The monoisotopic (exact) mass is 708 g/mol. The van der Waals surface area contributed by atoms with Crippen LogP contribution in [0.4, 0.5) is 24.5 Å². The summed E-state index contributed by atoms with van der Waals surface area (Å²) in [6, 6.07) is 14.6. The van der Waals surface area contributed by atoms with E-state index in [4.69, 9.17) is 21.2 Å². The maximum atomic E-state index is 14.4. The number of sulfonamides is 1. The van der Waals surface area contributed by atoms with Crippen LogP contribution in [0.25, 0.3) is 0 Å². The van der Waals surface area contributed by atoms with Gasteiger partial charge in [0.2, 0.25) is 16.1 Å². The van der Waals surface area contributed by atoms with Crippen LogP contribution in [0.15, 0.2) is 65.8 Å². The van der Waals surface area contributed by atoms with Crippen LogP contribution in [-0.2, 0) is 29.9 Å². The first-order chi connectivity index (χ1) is 22.5. The average Bonchev–Trinajstić information content (AvgIpc) is 3.72. The molecule has 16 heteroatoms. The number of carbonyl (C=O) groups excluding carboxylic acids is 2. The lowest BCUT2D eigenvalue weighted by Gasteiger charge is -2.27. The molecule has 11 nitrogen and oxygen atoms in total. The summed E-state index contributed by atoms with van der Waals surface area (Å²) >= 11 is 6.15. The number of carbonyl (C=O) groups is 2. The summed E-state index contributed by atoms with van der Waals surface area (Å²) in [4.78, 5) is 33.3. The van der Waals surface area contributed by atoms with Crippen LogP contribution < -0.4 is 24.4 Å².